The first-order valence-corrected chi connectivity index (χ1v) is 7.30. The average molecular weight is 289 g/mol. The Bertz CT molecular complexity index is 770. The van der Waals surface area contributed by atoms with Gasteiger partial charge in [0.1, 0.15) is 11.1 Å². The van der Waals surface area contributed by atoms with E-state index in [-0.39, 0.29) is 17.2 Å². The maximum absolute atomic E-state index is 12.6. The van der Waals surface area contributed by atoms with Gasteiger partial charge in [-0.1, -0.05) is 13.0 Å². The van der Waals surface area contributed by atoms with E-state index >= 15 is 0 Å². The van der Waals surface area contributed by atoms with Crippen LogP contribution in [0.25, 0.3) is 10.9 Å². The van der Waals surface area contributed by atoms with Crippen molar-refractivity contribution < 1.29 is 5.11 Å². The number of piperidine rings is 1. The first-order chi connectivity index (χ1) is 10.1. The number of aromatic amines is 1. The zero-order chi connectivity index (χ0) is 15.0. The van der Waals surface area contributed by atoms with Gasteiger partial charge in [0.15, 0.2) is 0 Å². The van der Waals surface area contributed by atoms with E-state index in [1.807, 2.05) is 0 Å². The van der Waals surface area contributed by atoms with Crippen molar-refractivity contribution in [1.82, 2.24) is 14.5 Å². The Morgan fingerprint density at radius 2 is 2.00 bits per heavy atom. The van der Waals surface area contributed by atoms with Crippen molar-refractivity contribution in [3.63, 3.8) is 0 Å². The van der Waals surface area contributed by atoms with Crippen LogP contribution >= 0.6 is 0 Å². The highest BCUT2D eigenvalue weighted by atomic mass is 16.3. The number of aromatic hydroxyl groups is 1. The molecule has 2 heterocycles. The monoisotopic (exact) mass is 289 g/mol. The molecule has 3 rings (SSSR count). The maximum Gasteiger partial charge on any atom is 0.329 e. The Morgan fingerprint density at radius 3 is 2.67 bits per heavy atom. The second-order valence-electron chi connectivity index (χ2n) is 5.47. The summed E-state index contributed by atoms with van der Waals surface area (Å²) in [6, 6.07) is 4.60. The molecule has 2 N–H and O–H groups in total. The second kappa shape index (κ2) is 5.37. The van der Waals surface area contributed by atoms with Crippen molar-refractivity contribution in [3.8, 4) is 5.75 Å². The van der Waals surface area contributed by atoms with E-state index in [1.54, 1.807) is 12.1 Å². The van der Waals surface area contributed by atoms with Crippen LogP contribution in [0.2, 0.25) is 0 Å². The van der Waals surface area contributed by atoms with Gasteiger partial charge in [0.25, 0.3) is 5.56 Å². The number of hydrogen-bond donors (Lipinski definition) is 2. The van der Waals surface area contributed by atoms with Gasteiger partial charge >= 0.3 is 5.69 Å². The molecule has 1 aliphatic rings. The Morgan fingerprint density at radius 1 is 1.29 bits per heavy atom. The van der Waals surface area contributed by atoms with Gasteiger partial charge in [0, 0.05) is 19.1 Å². The average Bonchev–Trinajstić information content (AvgIpc) is 2.47. The summed E-state index contributed by atoms with van der Waals surface area (Å²) in [6.07, 6.45) is 1.55. The third-order valence-corrected chi connectivity index (χ3v) is 4.30. The fourth-order valence-electron chi connectivity index (χ4n) is 3.08. The number of fused-ring (bicyclic) bond motifs is 1. The molecule has 1 fully saturated rings. The lowest BCUT2D eigenvalue weighted by Gasteiger charge is -2.31. The lowest BCUT2D eigenvalue weighted by Crippen LogP contribution is -2.43. The predicted octanol–water partition coefficient (Wildman–Crippen LogP) is 1.05. The highest BCUT2D eigenvalue weighted by molar-refractivity contribution is 5.83. The standard InChI is InChI=1S/C15H19N3O3/c1-2-17-8-6-10(7-9-17)18-14(20)13-11(16-15(18)21)4-3-5-12(13)19/h3-5,10,19H,2,6-9H2,1H3,(H,16,21). The molecule has 21 heavy (non-hydrogen) atoms. The Kier molecular flexibility index (Phi) is 3.55. The van der Waals surface area contributed by atoms with E-state index < -0.39 is 11.2 Å². The number of aromatic nitrogens is 2. The fourth-order valence-corrected chi connectivity index (χ4v) is 3.08. The van der Waals surface area contributed by atoms with Crippen LogP contribution in [0, 0.1) is 0 Å². The molecule has 1 aliphatic heterocycles. The molecule has 0 radical (unpaired) electrons. The molecule has 0 unspecified atom stereocenters. The van der Waals surface area contributed by atoms with Crippen molar-refractivity contribution in [2.24, 2.45) is 0 Å². The van der Waals surface area contributed by atoms with Gasteiger partial charge in [-0.15, -0.1) is 0 Å². The summed E-state index contributed by atoms with van der Waals surface area (Å²) in [4.78, 5) is 29.8. The molecule has 0 aliphatic carbocycles. The van der Waals surface area contributed by atoms with Crippen molar-refractivity contribution in [2.45, 2.75) is 25.8 Å². The van der Waals surface area contributed by atoms with E-state index in [4.69, 9.17) is 0 Å². The number of likely N-dealkylation sites (tertiary alicyclic amines) is 1. The largest absolute Gasteiger partial charge is 0.507 e. The van der Waals surface area contributed by atoms with Crippen LogP contribution in [0.3, 0.4) is 0 Å². The summed E-state index contributed by atoms with van der Waals surface area (Å²) in [6.45, 7) is 4.85. The summed E-state index contributed by atoms with van der Waals surface area (Å²) in [5.74, 6) is -0.0894. The molecule has 0 atom stereocenters. The van der Waals surface area contributed by atoms with Crippen molar-refractivity contribution in [2.75, 3.05) is 19.6 Å². The molecule has 0 spiro atoms. The third-order valence-electron chi connectivity index (χ3n) is 4.30. The molecule has 6 nitrogen and oxygen atoms in total. The van der Waals surface area contributed by atoms with Crippen LogP contribution in [0.4, 0.5) is 0 Å². The summed E-state index contributed by atoms with van der Waals surface area (Å²) < 4.78 is 1.27. The van der Waals surface area contributed by atoms with Crippen LogP contribution in [-0.2, 0) is 0 Å². The second-order valence-corrected chi connectivity index (χ2v) is 5.47. The molecule has 0 saturated carbocycles. The van der Waals surface area contributed by atoms with Gasteiger partial charge < -0.3 is 15.0 Å². The minimum absolute atomic E-state index is 0.0894. The highest BCUT2D eigenvalue weighted by Crippen LogP contribution is 2.22. The Hall–Kier alpha value is -2.08. The zero-order valence-electron chi connectivity index (χ0n) is 12.0. The normalized spacial score (nSPS) is 17.4. The fraction of sp³-hybridized carbons (Fsp3) is 0.467. The summed E-state index contributed by atoms with van der Waals surface area (Å²) in [5.41, 5.74) is -0.415. The maximum atomic E-state index is 12.6. The molecule has 1 aromatic heterocycles. The summed E-state index contributed by atoms with van der Waals surface area (Å²) in [5, 5.41) is 10.1. The smallest absolute Gasteiger partial charge is 0.329 e. The molecule has 112 valence electrons. The molecule has 0 amide bonds. The minimum Gasteiger partial charge on any atom is -0.507 e. The van der Waals surface area contributed by atoms with Crippen molar-refractivity contribution >= 4 is 10.9 Å². The Labute approximate surface area is 121 Å². The molecule has 1 saturated heterocycles. The molecular formula is C15H19N3O3. The number of phenols is 1. The van der Waals surface area contributed by atoms with Crippen LogP contribution in [0.5, 0.6) is 5.75 Å². The van der Waals surface area contributed by atoms with E-state index in [2.05, 4.69) is 16.8 Å². The summed E-state index contributed by atoms with van der Waals surface area (Å²) in [7, 11) is 0. The van der Waals surface area contributed by atoms with E-state index in [0.29, 0.717) is 5.52 Å². The van der Waals surface area contributed by atoms with Gasteiger partial charge in [0.2, 0.25) is 0 Å². The SMILES string of the molecule is CCN1CCC(n2c(=O)[nH]c3cccc(O)c3c2=O)CC1. The van der Waals surface area contributed by atoms with Gasteiger partial charge in [-0.2, -0.15) is 0 Å². The quantitative estimate of drug-likeness (QED) is 0.866. The number of hydrogen-bond acceptors (Lipinski definition) is 4. The topological polar surface area (TPSA) is 78.3 Å². The molecule has 0 bridgehead atoms. The molecular weight excluding hydrogens is 270 g/mol. The van der Waals surface area contributed by atoms with E-state index in [1.165, 1.54) is 10.6 Å². The number of benzene rings is 1. The number of H-pyrrole nitrogens is 1. The molecule has 1 aromatic carbocycles. The lowest BCUT2D eigenvalue weighted by molar-refractivity contribution is 0.190. The predicted molar refractivity (Wildman–Crippen MR) is 80.9 cm³/mol. The molecule has 6 heteroatoms. The minimum atomic E-state index is -0.401. The van der Waals surface area contributed by atoms with Crippen molar-refractivity contribution in [1.29, 1.82) is 0 Å². The highest BCUT2D eigenvalue weighted by Gasteiger charge is 2.23. The Balaban J connectivity index is 2.09. The van der Waals surface area contributed by atoms with Gasteiger partial charge in [-0.05, 0) is 31.5 Å². The number of phenolic OH excluding ortho intramolecular Hbond substituents is 1. The first-order valence-electron chi connectivity index (χ1n) is 7.30. The number of rotatable bonds is 2. The van der Waals surface area contributed by atoms with Crippen LogP contribution in [0.1, 0.15) is 25.8 Å². The van der Waals surface area contributed by atoms with E-state index in [9.17, 15) is 14.7 Å². The molecule has 2 aromatic rings. The van der Waals surface area contributed by atoms with Crippen LogP contribution in [0.15, 0.2) is 27.8 Å². The lowest BCUT2D eigenvalue weighted by atomic mass is 10.0. The van der Waals surface area contributed by atoms with Gasteiger partial charge in [-0.25, -0.2) is 4.79 Å². The van der Waals surface area contributed by atoms with Crippen molar-refractivity contribution in [3.05, 3.63) is 39.0 Å². The number of nitrogens with one attached hydrogen (secondary N) is 1. The van der Waals surface area contributed by atoms with Gasteiger partial charge in [0.05, 0.1) is 5.52 Å². The van der Waals surface area contributed by atoms with Gasteiger partial charge in [-0.3, -0.25) is 9.36 Å². The summed E-state index contributed by atoms with van der Waals surface area (Å²) >= 11 is 0. The van der Waals surface area contributed by atoms with Crippen LogP contribution in [-0.4, -0.2) is 39.2 Å². The zero-order valence-corrected chi connectivity index (χ0v) is 12.0. The third kappa shape index (κ3) is 2.35. The number of nitrogens with zero attached hydrogens (tertiary/aromatic N) is 2. The van der Waals surface area contributed by atoms with E-state index in [0.717, 1.165) is 32.5 Å². The first kappa shape index (κ1) is 13.9. The van der Waals surface area contributed by atoms with Crippen LogP contribution < -0.4 is 11.2 Å².